The second-order valence-corrected chi connectivity index (χ2v) is 5.72. The first-order valence-electron chi connectivity index (χ1n) is 7.85. The van der Waals surface area contributed by atoms with Crippen molar-refractivity contribution in [3.8, 4) is 11.6 Å². The summed E-state index contributed by atoms with van der Waals surface area (Å²) in [7, 11) is 1.32. The Morgan fingerprint density at radius 2 is 2.25 bits per heavy atom. The van der Waals surface area contributed by atoms with Gasteiger partial charge in [-0.25, -0.2) is 4.79 Å². The van der Waals surface area contributed by atoms with E-state index in [9.17, 15) is 9.59 Å². The first-order chi connectivity index (χ1) is 11.6. The maximum absolute atomic E-state index is 12.5. The van der Waals surface area contributed by atoms with Crippen molar-refractivity contribution >= 4 is 11.9 Å². The van der Waals surface area contributed by atoms with Gasteiger partial charge in [0.1, 0.15) is 6.04 Å². The van der Waals surface area contributed by atoms with Crippen molar-refractivity contribution in [2.24, 2.45) is 0 Å². The molecule has 1 aliphatic carbocycles. The number of esters is 1. The molecule has 1 fully saturated rings. The molecule has 0 aliphatic heterocycles. The molecule has 0 saturated heterocycles. The van der Waals surface area contributed by atoms with Crippen LogP contribution >= 0.6 is 0 Å². The maximum Gasteiger partial charge on any atom is 0.328 e. The standard InChI is InChI=1S/C16H19N3O5/c1-10(16(21)22-2)19(11-5-6-11)14(20)8-7-13-17-15(18-24-13)12-4-3-9-23-12/h3-4,9-11H,5-8H2,1-2H3. The highest BCUT2D eigenvalue weighted by Crippen LogP contribution is 2.30. The van der Waals surface area contributed by atoms with Crippen molar-refractivity contribution < 1.29 is 23.3 Å². The molecule has 24 heavy (non-hydrogen) atoms. The maximum atomic E-state index is 12.5. The van der Waals surface area contributed by atoms with Crippen LogP contribution < -0.4 is 0 Å². The van der Waals surface area contributed by atoms with Crippen LogP contribution in [0.5, 0.6) is 0 Å². The van der Waals surface area contributed by atoms with Gasteiger partial charge in [-0.1, -0.05) is 5.16 Å². The Labute approximate surface area is 138 Å². The minimum Gasteiger partial charge on any atom is -0.467 e. The molecule has 8 heteroatoms. The van der Waals surface area contributed by atoms with Crippen molar-refractivity contribution in [2.45, 2.75) is 44.7 Å². The van der Waals surface area contributed by atoms with Gasteiger partial charge in [-0.15, -0.1) is 0 Å². The van der Waals surface area contributed by atoms with Crippen molar-refractivity contribution in [1.29, 1.82) is 0 Å². The lowest BCUT2D eigenvalue weighted by Crippen LogP contribution is -2.45. The number of amides is 1. The van der Waals surface area contributed by atoms with Gasteiger partial charge in [0.05, 0.1) is 13.4 Å². The van der Waals surface area contributed by atoms with E-state index in [0.29, 0.717) is 23.9 Å². The second-order valence-electron chi connectivity index (χ2n) is 5.72. The molecule has 2 aromatic heterocycles. The number of nitrogens with zero attached hydrogens (tertiary/aromatic N) is 3. The first kappa shape index (κ1) is 16.2. The van der Waals surface area contributed by atoms with Crippen molar-refractivity contribution in [3.63, 3.8) is 0 Å². The van der Waals surface area contributed by atoms with E-state index in [1.54, 1.807) is 24.0 Å². The molecule has 0 aromatic carbocycles. The molecule has 128 valence electrons. The molecule has 1 unspecified atom stereocenters. The smallest absolute Gasteiger partial charge is 0.328 e. The summed E-state index contributed by atoms with van der Waals surface area (Å²) in [6.07, 6.45) is 3.85. The Morgan fingerprint density at radius 1 is 1.46 bits per heavy atom. The summed E-state index contributed by atoms with van der Waals surface area (Å²) < 4.78 is 15.1. The largest absolute Gasteiger partial charge is 0.467 e. The average molecular weight is 333 g/mol. The number of carbonyl (C=O) groups excluding carboxylic acids is 2. The summed E-state index contributed by atoms with van der Waals surface area (Å²) in [6.45, 7) is 1.68. The zero-order valence-corrected chi connectivity index (χ0v) is 13.6. The van der Waals surface area contributed by atoms with Gasteiger partial charge in [0.25, 0.3) is 0 Å². The van der Waals surface area contributed by atoms with Crippen LogP contribution in [0, 0.1) is 0 Å². The fraction of sp³-hybridized carbons (Fsp3) is 0.500. The van der Waals surface area contributed by atoms with E-state index in [1.165, 1.54) is 13.4 Å². The molecule has 0 spiro atoms. The summed E-state index contributed by atoms with van der Waals surface area (Å²) in [5, 5.41) is 3.83. The van der Waals surface area contributed by atoms with Gasteiger partial charge in [-0.2, -0.15) is 4.98 Å². The van der Waals surface area contributed by atoms with Crippen LogP contribution in [0.15, 0.2) is 27.3 Å². The topological polar surface area (TPSA) is 98.7 Å². The fourth-order valence-corrected chi connectivity index (χ4v) is 2.58. The summed E-state index contributed by atoms with van der Waals surface area (Å²) in [6, 6.07) is 2.99. The number of ether oxygens (including phenoxy) is 1. The predicted molar refractivity (Wildman–Crippen MR) is 81.7 cm³/mol. The third-order valence-corrected chi connectivity index (χ3v) is 3.95. The lowest BCUT2D eigenvalue weighted by molar-refractivity contribution is -0.152. The molecule has 3 rings (SSSR count). The number of methoxy groups -OCH3 is 1. The van der Waals surface area contributed by atoms with E-state index < -0.39 is 12.0 Å². The normalized spacial score (nSPS) is 15.1. The van der Waals surface area contributed by atoms with Gasteiger partial charge in [-0.3, -0.25) is 4.79 Å². The highest BCUT2D eigenvalue weighted by Gasteiger charge is 2.38. The Hall–Kier alpha value is -2.64. The van der Waals surface area contributed by atoms with E-state index in [-0.39, 0.29) is 18.4 Å². The number of aryl methyl sites for hydroxylation is 1. The second kappa shape index (κ2) is 6.86. The number of furan rings is 1. The van der Waals surface area contributed by atoms with Gasteiger partial charge >= 0.3 is 5.97 Å². The molecule has 2 heterocycles. The van der Waals surface area contributed by atoms with E-state index in [2.05, 4.69) is 10.1 Å². The Bertz CT molecular complexity index is 705. The predicted octanol–water partition coefficient (Wildman–Crippen LogP) is 1.81. The van der Waals surface area contributed by atoms with Crippen LogP contribution in [0.25, 0.3) is 11.6 Å². The summed E-state index contributed by atoms with van der Waals surface area (Å²) in [4.78, 5) is 30.1. The summed E-state index contributed by atoms with van der Waals surface area (Å²) in [5.74, 6) is 0.692. The van der Waals surface area contributed by atoms with Gasteiger partial charge in [-0.05, 0) is 31.9 Å². The third kappa shape index (κ3) is 3.47. The molecule has 2 aromatic rings. The highest BCUT2D eigenvalue weighted by atomic mass is 16.5. The Morgan fingerprint density at radius 3 is 2.88 bits per heavy atom. The van der Waals surface area contributed by atoms with Gasteiger partial charge in [0.2, 0.25) is 17.6 Å². The number of aromatic nitrogens is 2. The molecule has 0 N–H and O–H groups in total. The van der Waals surface area contributed by atoms with E-state index in [0.717, 1.165) is 12.8 Å². The molecule has 1 saturated carbocycles. The van der Waals surface area contributed by atoms with Crippen LogP contribution in [0.1, 0.15) is 32.1 Å². The lowest BCUT2D eigenvalue weighted by Gasteiger charge is -2.27. The molecule has 0 bridgehead atoms. The zero-order chi connectivity index (χ0) is 17.1. The zero-order valence-electron chi connectivity index (χ0n) is 13.6. The van der Waals surface area contributed by atoms with Gasteiger partial charge in [0.15, 0.2) is 5.76 Å². The quantitative estimate of drug-likeness (QED) is 0.713. The molecular formula is C16H19N3O5. The Balaban J connectivity index is 1.60. The summed E-state index contributed by atoms with van der Waals surface area (Å²) >= 11 is 0. The fourth-order valence-electron chi connectivity index (χ4n) is 2.58. The highest BCUT2D eigenvalue weighted by molar-refractivity contribution is 5.84. The monoisotopic (exact) mass is 333 g/mol. The van der Waals surface area contributed by atoms with Gasteiger partial charge in [0, 0.05) is 18.9 Å². The molecule has 1 amide bonds. The molecule has 0 radical (unpaired) electrons. The van der Waals surface area contributed by atoms with Crippen LogP contribution in [0.4, 0.5) is 0 Å². The number of hydrogen-bond donors (Lipinski definition) is 0. The van der Waals surface area contributed by atoms with Gasteiger partial charge < -0.3 is 18.6 Å². The minimum atomic E-state index is -0.587. The number of hydrogen-bond acceptors (Lipinski definition) is 7. The molecule has 8 nitrogen and oxygen atoms in total. The molecule has 1 atom stereocenters. The number of rotatable bonds is 7. The Kier molecular flexibility index (Phi) is 4.64. The van der Waals surface area contributed by atoms with Crippen LogP contribution in [-0.2, 0) is 20.7 Å². The van der Waals surface area contributed by atoms with E-state index in [4.69, 9.17) is 13.7 Å². The van der Waals surface area contributed by atoms with E-state index >= 15 is 0 Å². The molecular weight excluding hydrogens is 314 g/mol. The summed E-state index contributed by atoms with van der Waals surface area (Å²) in [5.41, 5.74) is 0. The minimum absolute atomic E-state index is 0.117. The van der Waals surface area contributed by atoms with Crippen LogP contribution in [0.3, 0.4) is 0 Å². The van der Waals surface area contributed by atoms with Crippen LogP contribution in [0.2, 0.25) is 0 Å². The third-order valence-electron chi connectivity index (χ3n) is 3.95. The van der Waals surface area contributed by atoms with Crippen molar-refractivity contribution in [1.82, 2.24) is 15.0 Å². The average Bonchev–Trinajstić information content (AvgIpc) is 3.08. The lowest BCUT2D eigenvalue weighted by atomic mass is 10.2. The number of carbonyl (C=O) groups is 2. The SMILES string of the molecule is COC(=O)C(C)N(C(=O)CCc1nc(-c2ccco2)no1)C1CC1. The van der Waals surface area contributed by atoms with E-state index in [1.807, 2.05) is 0 Å². The van der Waals surface area contributed by atoms with Crippen LogP contribution in [-0.4, -0.2) is 46.1 Å². The van der Waals surface area contributed by atoms with Crippen molar-refractivity contribution in [2.75, 3.05) is 7.11 Å². The molecule has 1 aliphatic rings. The van der Waals surface area contributed by atoms with Crippen molar-refractivity contribution in [3.05, 3.63) is 24.3 Å². The first-order valence-corrected chi connectivity index (χ1v) is 7.85.